The number of aryl methyl sites for hydroxylation is 1. The molecule has 0 aliphatic heterocycles. The van der Waals surface area contributed by atoms with E-state index in [1.165, 1.54) is 4.90 Å². The fraction of sp³-hybridized carbons (Fsp3) is 0.440. The zero-order valence-electron chi connectivity index (χ0n) is 20.6. The molecule has 2 aromatic carbocycles. The van der Waals surface area contributed by atoms with E-state index in [1.807, 2.05) is 26.0 Å². The molecule has 0 unspecified atom stereocenters. The Morgan fingerprint density at radius 1 is 1.06 bits per heavy atom. The predicted octanol–water partition coefficient (Wildman–Crippen LogP) is 4.66. The highest BCUT2D eigenvalue weighted by atomic mass is 35.5. The second-order valence-corrected chi connectivity index (χ2v) is 11.1. The number of benzene rings is 2. The number of hydrogen-bond donors (Lipinski definition) is 1. The molecule has 0 saturated heterocycles. The van der Waals surface area contributed by atoms with Crippen molar-refractivity contribution in [2.45, 2.75) is 52.6 Å². The molecule has 0 heterocycles. The van der Waals surface area contributed by atoms with E-state index >= 15 is 0 Å². The SMILES string of the molecule is CCCCNC(=O)[C@@H](C)N(Cc1ccc(Cl)cc1Cl)C(=O)CN(c1ccccc1CC)S(C)(=O)=O. The third-order valence-electron chi connectivity index (χ3n) is 5.67. The average Bonchev–Trinajstić information content (AvgIpc) is 2.80. The van der Waals surface area contributed by atoms with Crippen LogP contribution in [0.5, 0.6) is 0 Å². The molecule has 10 heteroatoms. The van der Waals surface area contributed by atoms with Crippen LogP contribution in [0.25, 0.3) is 0 Å². The molecule has 0 aromatic heterocycles. The Morgan fingerprint density at radius 2 is 1.74 bits per heavy atom. The molecule has 2 aromatic rings. The van der Waals surface area contributed by atoms with Crippen LogP contribution in [0.15, 0.2) is 42.5 Å². The predicted molar refractivity (Wildman–Crippen MR) is 142 cm³/mol. The van der Waals surface area contributed by atoms with Crippen LogP contribution < -0.4 is 9.62 Å². The molecule has 2 amide bonds. The van der Waals surface area contributed by atoms with Crippen LogP contribution in [0, 0.1) is 0 Å². The number of carbonyl (C=O) groups is 2. The molecular formula is C25H33Cl2N3O4S. The molecule has 0 aliphatic rings. The van der Waals surface area contributed by atoms with Gasteiger partial charge in [-0.2, -0.15) is 0 Å². The number of para-hydroxylation sites is 1. The maximum absolute atomic E-state index is 13.6. The number of amides is 2. The quantitative estimate of drug-likeness (QED) is 0.396. The number of carbonyl (C=O) groups excluding carboxylic acids is 2. The van der Waals surface area contributed by atoms with Gasteiger partial charge in [0.15, 0.2) is 0 Å². The summed E-state index contributed by atoms with van der Waals surface area (Å²) in [5.41, 5.74) is 1.83. The highest BCUT2D eigenvalue weighted by Gasteiger charge is 2.31. The highest BCUT2D eigenvalue weighted by molar-refractivity contribution is 7.92. The lowest BCUT2D eigenvalue weighted by atomic mass is 10.1. The third kappa shape index (κ3) is 8.12. The van der Waals surface area contributed by atoms with E-state index in [2.05, 4.69) is 5.32 Å². The summed E-state index contributed by atoms with van der Waals surface area (Å²) in [5.74, 6) is -0.845. The molecule has 0 saturated carbocycles. The van der Waals surface area contributed by atoms with Gasteiger partial charge in [-0.25, -0.2) is 8.42 Å². The Morgan fingerprint density at radius 3 is 2.34 bits per heavy atom. The summed E-state index contributed by atoms with van der Waals surface area (Å²) < 4.78 is 26.5. The fourth-order valence-corrected chi connectivity index (χ4v) is 4.95. The van der Waals surface area contributed by atoms with Crippen LogP contribution in [0.3, 0.4) is 0 Å². The van der Waals surface area contributed by atoms with E-state index in [9.17, 15) is 18.0 Å². The van der Waals surface area contributed by atoms with Crippen molar-refractivity contribution in [3.05, 3.63) is 63.6 Å². The summed E-state index contributed by atoms with van der Waals surface area (Å²) >= 11 is 12.4. The van der Waals surface area contributed by atoms with Crippen molar-refractivity contribution >= 4 is 50.7 Å². The molecule has 0 fully saturated rings. The molecule has 0 spiro atoms. The molecule has 1 atom stereocenters. The van der Waals surface area contributed by atoms with Gasteiger partial charge in [0.2, 0.25) is 21.8 Å². The maximum Gasteiger partial charge on any atom is 0.244 e. The third-order valence-corrected chi connectivity index (χ3v) is 7.39. The highest BCUT2D eigenvalue weighted by Crippen LogP contribution is 2.26. The first-order chi connectivity index (χ1) is 16.5. The van der Waals surface area contributed by atoms with E-state index in [0.717, 1.165) is 29.0 Å². The molecule has 1 N–H and O–H groups in total. The zero-order chi connectivity index (χ0) is 26.2. The largest absolute Gasteiger partial charge is 0.354 e. The van der Waals surface area contributed by atoms with Gasteiger partial charge in [-0.1, -0.05) is 67.7 Å². The van der Waals surface area contributed by atoms with Gasteiger partial charge in [-0.05, 0) is 49.1 Å². The van der Waals surface area contributed by atoms with Crippen molar-refractivity contribution in [3.8, 4) is 0 Å². The van der Waals surface area contributed by atoms with Crippen molar-refractivity contribution in [2.75, 3.05) is 23.7 Å². The van der Waals surface area contributed by atoms with Crippen molar-refractivity contribution in [1.29, 1.82) is 0 Å². The summed E-state index contributed by atoms with van der Waals surface area (Å²) in [7, 11) is -3.79. The smallest absolute Gasteiger partial charge is 0.244 e. The van der Waals surface area contributed by atoms with Crippen LogP contribution in [-0.2, 0) is 32.6 Å². The molecule has 192 valence electrons. The zero-order valence-corrected chi connectivity index (χ0v) is 22.9. The molecule has 35 heavy (non-hydrogen) atoms. The summed E-state index contributed by atoms with van der Waals surface area (Å²) in [6.45, 7) is 5.61. The minimum Gasteiger partial charge on any atom is -0.354 e. The van der Waals surface area contributed by atoms with Crippen LogP contribution in [0.2, 0.25) is 10.0 Å². The van der Waals surface area contributed by atoms with Crippen LogP contribution in [0.4, 0.5) is 5.69 Å². The van der Waals surface area contributed by atoms with Crippen molar-refractivity contribution in [2.24, 2.45) is 0 Å². The lowest BCUT2D eigenvalue weighted by molar-refractivity contribution is -0.139. The molecule has 2 rings (SSSR count). The second-order valence-electron chi connectivity index (χ2n) is 8.33. The normalized spacial score (nSPS) is 12.2. The number of nitrogens with zero attached hydrogens (tertiary/aromatic N) is 2. The van der Waals surface area contributed by atoms with E-state index < -0.39 is 28.5 Å². The molecule has 0 bridgehead atoms. The second kappa shape index (κ2) is 13.1. The Bertz CT molecular complexity index is 1140. The summed E-state index contributed by atoms with van der Waals surface area (Å²) in [4.78, 5) is 27.8. The number of halogens is 2. The fourth-order valence-electron chi connectivity index (χ4n) is 3.60. The molecular weight excluding hydrogens is 509 g/mol. The summed E-state index contributed by atoms with van der Waals surface area (Å²) in [5, 5.41) is 3.64. The first-order valence-electron chi connectivity index (χ1n) is 11.6. The van der Waals surface area contributed by atoms with Gasteiger partial charge in [0.1, 0.15) is 12.6 Å². The Hall–Kier alpha value is -2.29. The number of hydrogen-bond acceptors (Lipinski definition) is 4. The maximum atomic E-state index is 13.6. The lowest BCUT2D eigenvalue weighted by Gasteiger charge is -2.32. The van der Waals surface area contributed by atoms with E-state index in [1.54, 1.807) is 37.3 Å². The Kier molecular flexibility index (Phi) is 10.9. The van der Waals surface area contributed by atoms with Gasteiger partial charge < -0.3 is 10.2 Å². The van der Waals surface area contributed by atoms with Crippen LogP contribution >= 0.6 is 23.2 Å². The Balaban J connectivity index is 2.42. The van der Waals surface area contributed by atoms with Crippen molar-refractivity contribution < 1.29 is 18.0 Å². The van der Waals surface area contributed by atoms with Crippen LogP contribution in [-0.4, -0.2) is 50.5 Å². The first-order valence-corrected chi connectivity index (χ1v) is 14.2. The summed E-state index contributed by atoms with van der Waals surface area (Å²) in [6.07, 6.45) is 3.38. The summed E-state index contributed by atoms with van der Waals surface area (Å²) in [6, 6.07) is 11.1. The van der Waals surface area contributed by atoms with Gasteiger partial charge >= 0.3 is 0 Å². The molecule has 7 nitrogen and oxygen atoms in total. The van der Waals surface area contributed by atoms with E-state index in [-0.39, 0.29) is 12.5 Å². The number of unbranched alkanes of at least 4 members (excludes halogenated alkanes) is 1. The van der Waals surface area contributed by atoms with E-state index in [4.69, 9.17) is 23.2 Å². The number of nitrogens with one attached hydrogen (secondary N) is 1. The average molecular weight is 543 g/mol. The number of rotatable bonds is 12. The van der Waals surface area contributed by atoms with Gasteiger partial charge in [0.25, 0.3) is 0 Å². The number of anilines is 1. The first kappa shape index (κ1) is 28.9. The van der Waals surface area contributed by atoms with Gasteiger partial charge in [0, 0.05) is 23.1 Å². The minimum absolute atomic E-state index is 0.0181. The Labute approximate surface area is 218 Å². The monoisotopic (exact) mass is 541 g/mol. The molecule has 0 radical (unpaired) electrons. The van der Waals surface area contributed by atoms with Gasteiger partial charge in [0.05, 0.1) is 11.9 Å². The minimum atomic E-state index is -3.79. The van der Waals surface area contributed by atoms with Crippen molar-refractivity contribution in [1.82, 2.24) is 10.2 Å². The standard InChI is InChI=1S/C25H33Cl2N3O4S/c1-5-7-14-28-25(32)18(3)29(16-20-12-13-21(26)15-22(20)27)24(31)17-30(35(4,33)34)23-11-9-8-10-19(23)6-2/h8-13,15,18H,5-7,14,16-17H2,1-4H3,(H,28,32)/t18-/m1/s1. The van der Waals surface area contributed by atoms with E-state index in [0.29, 0.717) is 34.3 Å². The van der Waals surface area contributed by atoms with Crippen LogP contribution in [0.1, 0.15) is 44.7 Å². The van der Waals surface area contributed by atoms with Gasteiger partial charge in [-0.15, -0.1) is 0 Å². The lowest BCUT2D eigenvalue weighted by Crippen LogP contribution is -2.51. The topological polar surface area (TPSA) is 86.8 Å². The van der Waals surface area contributed by atoms with Gasteiger partial charge in [-0.3, -0.25) is 13.9 Å². The van der Waals surface area contributed by atoms with Crippen molar-refractivity contribution in [3.63, 3.8) is 0 Å². The molecule has 0 aliphatic carbocycles. The number of sulfonamides is 1.